The van der Waals surface area contributed by atoms with Crippen molar-refractivity contribution in [3.63, 3.8) is 0 Å². The number of nitrogens with one attached hydrogen (secondary N) is 1. The van der Waals surface area contributed by atoms with Gasteiger partial charge in [-0.3, -0.25) is 4.79 Å². The van der Waals surface area contributed by atoms with Crippen LogP contribution in [0.1, 0.15) is 6.42 Å². The van der Waals surface area contributed by atoms with Crippen molar-refractivity contribution < 1.29 is 0 Å². The number of hydrogen-bond acceptors (Lipinski definition) is 4. The zero-order valence-electron chi connectivity index (χ0n) is 7.60. The Bertz CT molecular complexity index is 486. The summed E-state index contributed by atoms with van der Waals surface area (Å²) in [4.78, 5) is 17.9. The van der Waals surface area contributed by atoms with Crippen molar-refractivity contribution in [2.45, 2.75) is 13.0 Å². The number of rotatable bonds is 3. The smallest absolute Gasteiger partial charge is 0.261 e. The quantitative estimate of drug-likeness (QED) is 0.685. The Hall–Kier alpha value is -1.69. The molecule has 0 radical (unpaired) electrons. The molecule has 3 N–H and O–H groups in total. The van der Waals surface area contributed by atoms with Gasteiger partial charge in [0, 0.05) is 6.54 Å². The van der Waals surface area contributed by atoms with E-state index in [1.54, 1.807) is 4.68 Å². The summed E-state index contributed by atoms with van der Waals surface area (Å²) in [6.07, 6.45) is 3.73. The van der Waals surface area contributed by atoms with Gasteiger partial charge in [0.1, 0.15) is 5.39 Å². The Kier molecular flexibility index (Phi) is 2.28. The minimum atomic E-state index is -0.158. The van der Waals surface area contributed by atoms with E-state index in [2.05, 4.69) is 15.1 Å². The Morgan fingerprint density at radius 3 is 3.21 bits per heavy atom. The molecule has 0 amide bonds. The van der Waals surface area contributed by atoms with Crippen LogP contribution in [-0.4, -0.2) is 26.3 Å². The second kappa shape index (κ2) is 3.59. The first-order valence-electron chi connectivity index (χ1n) is 4.42. The monoisotopic (exact) mass is 193 g/mol. The molecule has 0 aliphatic rings. The van der Waals surface area contributed by atoms with Crippen molar-refractivity contribution >= 4 is 11.0 Å². The highest BCUT2D eigenvalue weighted by atomic mass is 16.1. The molecule has 0 saturated heterocycles. The van der Waals surface area contributed by atoms with Gasteiger partial charge in [-0.25, -0.2) is 9.67 Å². The van der Waals surface area contributed by atoms with Crippen LogP contribution in [0.15, 0.2) is 17.3 Å². The lowest BCUT2D eigenvalue weighted by Crippen LogP contribution is -2.09. The van der Waals surface area contributed by atoms with E-state index in [0.717, 1.165) is 6.42 Å². The molecule has 0 unspecified atom stereocenters. The second-order valence-corrected chi connectivity index (χ2v) is 2.98. The average molecular weight is 193 g/mol. The molecule has 2 aromatic heterocycles. The van der Waals surface area contributed by atoms with E-state index in [4.69, 9.17) is 5.73 Å². The summed E-state index contributed by atoms with van der Waals surface area (Å²) in [5.74, 6) is 0. The number of nitrogens with zero attached hydrogens (tertiary/aromatic N) is 3. The van der Waals surface area contributed by atoms with Crippen LogP contribution >= 0.6 is 0 Å². The minimum absolute atomic E-state index is 0.158. The molecule has 74 valence electrons. The molecule has 0 saturated carbocycles. The Balaban J connectivity index is 2.47. The number of hydrogen-bond donors (Lipinski definition) is 2. The van der Waals surface area contributed by atoms with E-state index < -0.39 is 0 Å². The van der Waals surface area contributed by atoms with E-state index in [1.165, 1.54) is 12.5 Å². The number of aromatic nitrogens is 4. The number of aryl methyl sites for hydroxylation is 1. The zero-order chi connectivity index (χ0) is 9.97. The van der Waals surface area contributed by atoms with Crippen LogP contribution in [0.5, 0.6) is 0 Å². The van der Waals surface area contributed by atoms with Crippen LogP contribution in [0.3, 0.4) is 0 Å². The number of nitrogens with two attached hydrogens (primary N) is 1. The predicted octanol–water partition coefficient (Wildman–Crippen LogP) is -0.532. The summed E-state index contributed by atoms with van der Waals surface area (Å²) in [6.45, 7) is 1.29. The fraction of sp³-hybridized carbons (Fsp3) is 0.375. The van der Waals surface area contributed by atoms with Gasteiger partial charge in [-0.15, -0.1) is 0 Å². The third kappa shape index (κ3) is 1.39. The lowest BCUT2D eigenvalue weighted by Gasteiger charge is -1.99. The molecule has 0 bridgehead atoms. The van der Waals surface area contributed by atoms with Crippen molar-refractivity contribution in [2.24, 2.45) is 5.73 Å². The summed E-state index contributed by atoms with van der Waals surface area (Å²) < 4.78 is 1.69. The van der Waals surface area contributed by atoms with Crippen molar-refractivity contribution in [3.05, 3.63) is 22.9 Å². The van der Waals surface area contributed by atoms with E-state index in [9.17, 15) is 4.79 Å². The van der Waals surface area contributed by atoms with Crippen LogP contribution in [0.4, 0.5) is 0 Å². The minimum Gasteiger partial charge on any atom is -0.330 e. The highest BCUT2D eigenvalue weighted by Gasteiger charge is 2.05. The second-order valence-electron chi connectivity index (χ2n) is 2.98. The summed E-state index contributed by atoms with van der Waals surface area (Å²) in [5, 5.41) is 4.59. The third-order valence-electron chi connectivity index (χ3n) is 2.01. The first-order chi connectivity index (χ1) is 6.83. The molecule has 2 aromatic rings. The molecule has 0 atom stereocenters. The molecule has 14 heavy (non-hydrogen) atoms. The van der Waals surface area contributed by atoms with Crippen LogP contribution in [-0.2, 0) is 6.54 Å². The van der Waals surface area contributed by atoms with Crippen LogP contribution in [0, 0.1) is 0 Å². The fourth-order valence-electron chi connectivity index (χ4n) is 1.31. The van der Waals surface area contributed by atoms with Gasteiger partial charge in [-0.1, -0.05) is 0 Å². The standard InChI is InChI=1S/C8H11N5O/c9-2-1-3-13-7-6(4-12-13)8(14)11-5-10-7/h4-5H,1-3,9H2,(H,10,11,14). The molecule has 6 nitrogen and oxygen atoms in total. The van der Waals surface area contributed by atoms with Gasteiger partial charge in [-0.05, 0) is 13.0 Å². The molecular formula is C8H11N5O. The Labute approximate surface area is 79.8 Å². The lowest BCUT2D eigenvalue weighted by molar-refractivity contribution is 0.598. The van der Waals surface area contributed by atoms with E-state index in [1.807, 2.05) is 0 Å². The normalized spacial score (nSPS) is 10.9. The van der Waals surface area contributed by atoms with Gasteiger partial charge in [0.2, 0.25) is 0 Å². The highest BCUT2D eigenvalue weighted by Crippen LogP contribution is 2.04. The van der Waals surface area contributed by atoms with Crippen LogP contribution < -0.4 is 11.3 Å². The maximum Gasteiger partial charge on any atom is 0.261 e. The van der Waals surface area contributed by atoms with Crippen molar-refractivity contribution in [2.75, 3.05) is 6.54 Å². The predicted molar refractivity (Wildman–Crippen MR) is 51.8 cm³/mol. The highest BCUT2D eigenvalue weighted by molar-refractivity contribution is 5.72. The van der Waals surface area contributed by atoms with Crippen LogP contribution in [0.25, 0.3) is 11.0 Å². The molecular weight excluding hydrogens is 182 g/mol. The zero-order valence-corrected chi connectivity index (χ0v) is 7.60. The molecule has 2 rings (SSSR count). The molecule has 0 spiro atoms. The molecule has 0 aliphatic heterocycles. The SMILES string of the molecule is NCCCn1ncc2c(=O)[nH]cnc21. The maximum absolute atomic E-state index is 11.3. The van der Waals surface area contributed by atoms with Crippen molar-refractivity contribution in [3.8, 4) is 0 Å². The van der Waals surface area contributed by atoms with E-state index in [0.29, 0.717) is 24.1 Å². The van der Waals surface area contributed by atoms with E-state index >= 15 is 0 Å². The fourth-order valence-corrected chi connectivity index (χ4v) is 1.31. The molecule has 0 aromatic carbocycles. The Morgan fingerprint density at radius 1 is 1.57 bits per heavy atom. The largest absolute Gasteiger partial charge is 0.330 e. The number of aromatic amines is 1. The van der Waals surface area contributed by atoms with E-state index in [-0.39, 0.29) is 5.56 Å². The van der Waals surface area contributed by atoms with Gasteiger partial charge in [-0.2, -0.15) is 5.10 Å². The lowest BCUT2D eigenvalue weighted by atomic mass is 10.4. The van der Waals surface area contributed by atoms with Crippen molar-refractivity contribution in [1.82, 2.24) is 19.7 Å². The summed E-state index contributed by atoms with van der Waals surface area (Å²) in [5.41, 5.74) is 5.84. The molecule has 0 fully saturated rings. The van der Waals surface area contributed by atoms with Gasteiger partial charge in [0.25, 0.3) is 5.56 Å². The first kappa shape index (κ1) is 8.89. The third-order valence-corrected chi connectivity index (χ3v) is 2.01. The maximum atomic E-state index is 11.3. The number of H-pyrrole nitrogens is 1. The van der Waals surface area contributed by atoms with Crippen LogP contribution in [0.2, 0.25) is 0 Å². The molecule has 0 aliphatic carbocycles. The average Bonchev–Trinajstić information content (AvgIpc) is 2.60. The van der Waals surface area contributed by atoms with Crippen molar-refractivity contribution in [1.29, 1.82) is 0 Å². The van der Waals surface area contributed by atoms with Gasteiger partial charge >= 0.3 is 0 Å². The summed E-state index contributed by atoms with van der Waals surface area (Å²) in [6, 6.07) is 0. The molecule has 6 heteroatoms. The van der Waals surface area contributed by atoms with Gasteiger partial charge in [0.15, 0.2) is 5.65 Å². The van der Waals surface area contributed by atoms with Gasteiger partial charge < -0.3 is 10.7 Å². The number of fused-ring (bicyclic) bond motifs is 1. The summed E-state index contributed by atoms with van der Waals surface area (Å²) >= 11 is 0. The Morgan fingerprint density at radius 2 is 2.43 bits per heavy atom. The summed E-state index contributed by atoms with van der Waals surface area (Å²) in [7, 11) is 0. The molecule has 2 heterocycles. The first-order valence-corrected chi connectivity index (χ1v) is 4.42. The van der Waals surface area contributed by atoms with Gasteiger partial charge in [0.05, 0.1) is 12.5 Å². The topological polar surface area (TPSA) is 89.6 Å².